The Kier molecular flexibility index (Phi) is 3.17. The van der Waals surface area contributed by atoms with Crippen LogP contribution < -0.4 is 5.73 Å². The van der Waals surface area contributed by atoms with Gasteiger partial charge in [-0.3, -0.25) is 0 Å². The van der Waals surface area contributed by atoms with Crippen molar-refractivity contribution in [2.24, 2.45) is 5.73 Å². The number of rotatable bonds is 2. The van der Waals surface area contributed by atoms with Crippen LogP contribution in [0.25, 0.3) is 11.0 Å². The zero-order chi connectivity index (χ0) is 13.4. The van der Waals surface area contributed by atoms with Crippen LogP contribution in [0.1, 0.15) is 22.9 Å². The maximum absolute atomic E-state index is 6.30. The summed E-state index contributed by atoms with van der Waals surface area (Å²) in [5.41, 5.74) is 9.40. The minimum absolute atomic E-state index is 0.247. The first-order valence-electron chi connectivity index (χ1n) is 6.14. The number of nitrogens with two attached hydrogens (primary N) is 1. The van der Waals surface area contributed by atoms with Crippen LogP contribution in [0.15, 0.2) is 57.4 Å². The Bertz CT molecular complexity index is 679. The van der Waals surface area contributed by atoms with Gasteiger partial charge in [0, 0.05) is 9.86 Å². The lowest BCUT2D eigenvalue weighted by atomic mass is 10.0. The summed E-state index contributed by atoms with van der Waals surface area (Å²) < 4.78 is 6.86. The van der Waals surface area contributed by atoms with Gasteiger partial charge < -0.3 is 10.2 Å². The van der Waals surface area contributed by atoms with E-state index in [0.29, 0.717) is 0 Å². The van der Waals surface area contributed by atoms with Crippen LogP contribution in [0.3, 0.4) is 0 Å². The number of hydrogen-bond donors (Lipinski definition) is 1. The van der Waals surface area contributed by atoms with Gasteiger partial charge in [-0.1, -0.05) is 40.2 Å². The monoisotopic (exact) mass is 315 g/mol. The van der Waals surface area contributed by atoms with Crippen LogP contribution in [-0.4, -0.2) is 0 Å². The highest BCUT2D eigenvalue weighted by Gasteiger charge is 2.14. The van der Waals surface area contributed by atoms with Gasteiger partial charge in [-0.15, -0.1) is 0 Å². The highest BCUT2D eigenvalue weighted by Crippen LogP contribution is 2.28. The van der Waals surface area contributed by atoms with Crippen LogP contribution in [0.4, 0.5) is 0 Å². The van der Waals surface area contributed by atoms with E-state index in [0.717, 1.165) is 26.8 Å². The Balaban J connectivity index is 2.05. The summed E-state index contributed by atoms with van der Waals surface area (Å²) in [6.07, 6.45) is 0. The lowest BCUT2D eigenvalue weighted by Crippen LogP contribution is -2.11. The molecule has 0 amide bonds. The molecule has 1 heterocycles. The molecule has 3 rings (SSSR count). The molecule has 0 bridgehead atoms. The first kappa shape index (κ1) is 12.5. The molecule has 0 aliphatic heterocycles. The summed E-state index contributed by atoms with van der Waals surface area (Å²) in [6.45, 7) is 2.06. The molecule has 0 saturated heterocycles. The van der Waals surface area contributed by atoms with Gasteiger partial charge in [0.25, 0.3) is 0 Å². The number of benzene rings is 2. The van der Waals surface area contributed by atoms with Crippen LogP contribution in [0.5, 0.6) is 0 Å². The van der Waals surface area contributed by atoms with E-state index < -0.39 is 0 Å². The molecule has 0 aliphatic rings. The summed E-state index contributed by atoms with van der Waals surface area (Å²) in [5.74, 6) is 0.790. The zero-order valence-corrected chi connectivity index (χ0v) is 12.1. The van der Waals surface area contributed by atoms with Gasteiger partial charge in [-0.05, 0) is 42.3 Å². The molecule has 3 aromatic rings. The average molecular weight is 316 g/mol. The highest BCUT2D eigenvalue weighted by atomic mass is 79.9. The van der Waals surface area contributed by atoms with Crippen molar-refractivity contribution in [3.05, 3.63) is 69.9 Å². The predicted octanol–water partition coefficient (Wildman–Crippen LogP) is 4.55. The van der Waals surface area contributed by atoms with E-state index in [9.17, 15) is 0 Å². The molecule has 0 aliphatic carbocycles. The molecule has 3 heteroatoms. The fraction of sp³-hybridized carbons (Fsp3) is 0.125. The maximum atomic E-state index is 6.30. The van der Waals surface area contributed by atoms with Crippen molar-refractivity contribution in [2.75, 3.05) is 0 Å². The number of halogens is 1. The summed E-state index contributed by atoms with van der Waals surface area (Å²) in [7, 11) is 0. The SMILES string of the molecule is Cc1cc(Br)cc(C(N)c2cc3ccccc3o2)c1. The van der Waals surface area contributed by atoms with Crippen LogP contribution in [-0.2, 0) is 0 Å². The van der Waals surface area contributed by atoms with Crippen LogP contribution >= 0.6 is 15.9 Å². The Morgan fingerprint density at radius 3 is 2.63 bits per heavy atom. The third kappa shape index (κ3) is 2.44. The summed E-state index contributed by atoms with van der Waals surface area (Å²) in [5, 5.41) is 1.08. The molecule has 0 saturated carbocycles. The van der Waals surface area contributed by atoms with Gasteiger partial charge in [-0.25, -0.2) is 0 Å². The van der Waals surface area contributed by atoms with E-state index in [1.807, 2.05) is 36.4 Å². The predicted molar refractivity (Wildman–Crippen MR) is 81.1 cm³/mol. The van der Waals surface area contributed by atoms with E-state index in [1.165, 1.54) is 5.56 Å². The lowest BCUT2D eigenvalue weighted by molar-refractivity contribution is 0.525. The van der Waals surface area contributed by atoms with Gasteiger partial charge >= 0.3 is 0 Å². The highest BCUT2D eigenvalue weighted by molar-refractivity contribution is 9.10. The minimum atomic E-state index is -0.247. The van der Waals surface area contributed by atoms with Crippen LogP contribution in [0.2, 0.25) is 0 Å². The van der Waals surface area contributed by atoms with E-state index in [2.05, 4.69) is 35.0 Å². The van der Waals surface area contributed by atoms with Crippen molar-refractivity contribution in [3.8, 4) is 0 Å². The first-order chi connectivity index (χ1) is 9.13. The first-order valence-corrected chi connectivity index (χ1v) is 6.94. The van der Waals surface area contributed by atoms with E-state index in [4.69, 9.17) is 10.2 Å². The molecule has 0 fully saturated rings. The van der Waals surface area contributed by atoms with Crippen LogP contribution in [0, 0.1) is 6.92 Å². The van der Waals surface area contributed by atoms with E-state index in [1.54, 1.807) is 0 Å². The number of hydrogen-bond acceptors (Lipinski definition) is 2. The van der Waals surface area contributed by atoms with Gasteiger partial charge in [-0.2, -0.15) is 0 Å². The van der Waals surface area contributed by atoms with Gasteiger partial charge in [0.05, 0.1) is 6.04 Å². The Morgan fingerprint density at radius 1 is 1.11 bits per heavy atom. The second-order valence-electron chi connectivity index (χ2n) is 4.73. The standard InChI is InChI=1S/C16H14BrNO/c1-10-6-12(8-13(17)7-10)16(18)15-9-11-4-2-3-5-14(11)19-15/h2-9,16H,18H2,1H3. The summed E-state index contributed by atoms with van der Waals surface area (Å²) in [4.78, 5) is 0. The molecule has 2 nitrogen and oxygen atoms in total. The molecule has 1 atom stereocenters. The zero-order valence-electron chi connectivity index (χ0n) is 10.6. The van der Waals surface area contributed by atoms with Crippen molar-refractivity contribution in [1.82, 2.24) is 0 Å². The van der Waals surface area contributed by atoms with Crippen molar-refractivity contribution >= 4 is 26.9 Å². The smallest absolute Gasteiger partial charge is 0.134 e. The van der Waals surface area contributed by atoms with Gasteiger partial charge in [0.2, 0.25) is 0 Å². The lowest BCUT2D eigenvalue weighted by Gasteiger charge is -2.10. The van der Waals surface area contributed by atoms with E-state index >= 15 is 0 Å². The summed E-state index contributed by atoms with van der Waals surface area (Å²) in [6, 6.07) is 15.9. The van der Waals surface area contributed by atoms with Gasteiger partial charge in [0.15, 0.2) is 0 Å². The number of furan rings is 1. The molecule has 96 valence electrons. The second kappa shape index (κ2) is 4.83. The number of aryl methyl sites for hydroxylation is 1. The number of fused-ring (bicyclic) bond motifs is 1. The fourth-order valence-corrected chi connectivity index (χ4v) is 2.89. The van der Waals surface area contributed by atoms with Crippen molar-refractivity contribution in [3.63, 3.8) is 0 Å². The summed E-state index contributed by atoms with van der Waals surface area (Å²) >= 11 is 3.50. The Morgan fingerprint density at radius 2 is 1.89 bits per heavy atom. The fourth-order valence-electron chi connectivity index (χ4n) is 2.26. The normalized spacial score (nSPS) is 12.8. The molecule has 1 unspecified atom stereocenters. The third-order valence-corrected chi connectivity index (χ3v) is 3.63. The number of para-hydroxylation sites is 1. The molecule has 1 aromatic heterocycles. The van der Waals surface area contributed by atoms with Crippen molar-refractivity contribution in [2.45, 2.75) is 13.0 Å². The molecular formula is C16H14BrNO. The molecular weight excluding hydrogens is 302 g/mol. The van der Waals surface area contributed by atoms with E-state index in [-0.39, 0.29) is 6.04 Å². The maximum Gasteiger partial charge on any atom is 0.134 e. The topological polar surface area (TPSA) is 39.2 Å². The molecule has 2 N–H and O–H groups in total. The molecule has 2 aromatic carbocycles. The second-order valence-corrected chi connectivity index (χ2v) is 5.64. The molecule has 0 radical (unpaired) electrons. The molecule has 0 spiro atoms. The van der Waals surface area contributed by atoms with Gasteiger partial charge in [0.1, 0.15) is 11.3 Å². The van der Waals surface area contributed by atoms with Crippen molar-refractivity contribution in [1.29, 1.82) is 0 Å². The third-order valence-electron chi connectivity index (χ3n) is 3.17. The minimum Gasteiger partial charge on any atom is -0.459 e. The van der Waals surface area contributed by atoms with Crippen molar-refractivity contribution < 1.29 is 4.42 Å². The molecule has 19 heavy (non-hydrogen) atoms. The average Bonchev–Trinajstić information content (AvgIpc) is 2.80. The Labute approximate surface area is 120 Å². The largest absolute Gasteiger partial charge is 0.459 e. The Hall–Kier alpha value is -1.58. The quantitative estimate of drug-likeness (QED) is 0.753.